The fourth-order valence-corrected chi connectivity index (χ4v) is 6.62. The SMILES string of the molecule is CNCc1cc(S(=O)(=O)N2CCC(C)C(OC)C2)c(Br)s1. The molecule has 5 nitrogen and oxygen atoms in total. The third kappa shape index (κ3) is 3.68. The van der Waals surface area contributed by atoms with Gasteiger partial charge in [0.05, 0.1) is 9.89 Å². The Morgan fingerprint density at radius 2 is 2.29 bits per heavy atom. The standard InChI is InChI=1S/C13H21BrN2O3S2/c1-9-4-5-16(8-11(9)19-3)21(17,18)12-6-10(7-15-2)20-13(12)14/h6,9,11,15H,4-5,7-8H2,1-3H3. The first-order valence-corrected chi connectivity index (χ1v) is 9.90. The van der Waals surface area contributed by atoms with E-state index in [1.54, 1.807) is 13.2 Å². The lowest BCUT2D eigenvalue weighted by atomic mass is 9.97. The van der Waals surface area contributed by atoms with Crippen molar-refractivity contribution in [1.82, 2.24) is 9.62 Å². The van der Waals surface area contributed by atoms with E-state index in [-0.39, 0.29) is 6.10 Å². The predicted octanol–water partition coefficient (Wildman–Crippen LogP) is 2.28. The summed E-state index contributed by atoms with van der Waals surface area (Å²) in [4.78, 5) is 1.36. The fraction of sp³-hybridized carbons (Fsp3) is 0.692. The normalized spacial score (nSPS) is 24.4. The van der Waals surface area contributed by atoms with Gasteiger partial charge in [0, 0.05) is 31.6 Å². The summed E-state index contributed by atoms with van der Waals surface area (Å²) in [7, 11) is 0.0184. The minimum atomic E-state index is -3.47. The van der Waals surface area contributed by atoms with Crippen molar-refractivity contribution in [3.05, 3.63) is 14.7 Å². The van der Waals surface area contributed by atoms with Gasteiger partial charge >= 0.3 is 0 Å². The molecule has 0 amide bonds. The minimum absolute atomic E-state index is 0.0392. The van der Waals surface area contributed by atoms with Crippen LogP contribution in [0.5, 0.6) is 0 Å². The first-order chi connectivity index (χ1) is 9.90. The summed E-state index contributed by atoms with van der Waals surface area (Å²) < 4.78 is 33.3. The molecule has 0 spiro atoms. The van der Waals surface area contributed by atoms with Gasteiger partial charge in [-0.25, -0.2) is 8.42 Å². The van der Waals surface area contributed by atoms with E-state index in [1.807, 2.05) is 7.05 Å². The Balaban J connectivity index is 2.25. The number of nitrogens with one attached hydrogen (secondary N) is 1. The van der Waals surface area contributed by atoms with Crippen LogP contribution in [0.25, 0.3) is 0 Å². The molecule has 0 aromatic carbocycles. The summed E-state index contributed by atoms with van der Waals surface area (Å²) in [6.45, 7) is 3.73. The highest BCUT2D eigenvalue weighted by Gasteiger charge is 2.35. The van der Waals surface area contributed by atoms with E-state index in [0.29, 0.717) is 34.2 Å². The first-order valence-electron chi connectivity index (χ1n) is 6.86. The smallest absolute Gasteiger partial charge is 0.245 e. The highest BCUT2D eigenvalue weighted by Crippen LogP contribution is 2.35. The van der Waals surface area contributed by atoms with Gasteiger partial charge in [-0.15, -0.1) is 11.3 Å². The van der Waals surface area contributed by atoms with E-state index in [0.717, 1.165) is 11.3 Å². The largest absolute Gasteiger partial charge is 0.380 e. The molecule has 1 fully saturated rings. The van der Waals surface area contributed by atoms with Crippen molar-refractivity contribution in [3.8, 4) is 0 Å². The molecule has 1 aliphatic rings. The highest BCUT2D eigenvalue weighted by atomic mass is 79.9. The fourth-order valence-electron chi connectivity index (χ4n) is 2.50. The summed E-state index contributed by atoms with van der Waals surface area (Å²) in [6, 6.07) is 1.75. The second-order valence-electron chi connectivity index (χ2n) is 5.28. The van der Waals surface area contributed by atoms with Crippen LogP contribution >= 0.6 is 27.3 Å². The van der Waals surface area contributed by atoms with Crippen LogP contribution in [0.1, 0.15) is 18.2 Å². The van der Waals surface area contributed by atoms with Crippen molar-refractivity contribution in [2.24, 2.45) is 5.92 Å². The van der Waals surface area contributed by atoms with Gasteiger partial charge in [0.25, 0.3) is 0 Å². The number of sulfonamides is 1. The Kier molecular flexibility index (Phi) is 5.84. The van der Waals surface area contributed by atoms with Crippen molar-refractivity contribution >= 4 is 37.3 Å². The molecule has 0 radical (unpaired) electrons. The van der Waals surface area contributed by atoms with Gasteiger partial charge in [0.15, 0.2) is 0 Å². The third-order valence-electron chi connectivity index (χ3n) is 3.83. The van der Waals surface area contributed by atoms with Crippen molar-refractivity contribution in [2.75, 3.05) is 27.2 Å². The van der Waals surface area contributed by atoms with E-state index < -0.39 is 10.0 Å². The monoisotopic (exact) mass is 396 g/mol. The van der Waals surface area contributed by atoms with Gasteiger partial charge in [0.2, 0.25) is 10.0 Å². The number of methoxy groups -OCH3 is 1. The Morgan fingerprint density at radius 1 is 1.57 bits per heavy atom. The second-order valence-corrected chi connectivity index (χ2v) is 9.65. The van der Waals surface area contributed by atoms with E-state index in [1.165, 1.54) is 15.6 Å². The van der Waals surface area contributed by atoms with Crippen LogP contribution in [-0.4, -0.2) is 46.1 Å². The average molecular weight is 397 g/mol. The Bertz CT molecular complexity index is 588. The maximum absolute atomic E-state index is 12.8. The van der Waals surface area contributed by atoms with Gasteiger partial charge in [0.1, 0.15) is 4.90 Å². The van der Waals surface area contributed by atoms with Gasteiger partial charge in [-0.1, -0.05) is 6.92 Å². The van der Waals surface area contributed by atoms with Gasteiger partial charge < -0.3 is 10.1 Å². The molecule has 120 valence electrons. The maximum Gasteiger partial charge on any atom is 0.245 e. The van der Waals surface area contributed by atoms with Crippen LogP contribution < -0.4 is 5.32 Å². The van der Waals surface area contributed by atoms with Crippen LogP contribution in [0.2, 0.25) is 0 Å². The van der Waals surface area contributed by atoms with E-state index in [4.69, 9.17) is 4.74 Å². The van der Waals surface area contributed by atoms with Gasteiger partial charge in [-0.05, 0) is 41.4 Å². The molecule has 2 rings (SSSR count). The van der Waals surface area contributed by atoms with Crippen LogP contribution in [-0.2, 0) is 21.3 Å². The second kappa shape index (κ2) is 7.06. The zero-order valence-corrected chi connectivity index (χ0v) is 15.6. The topological polar surface area (TPSA) is 58.6 Å². The Labute approximate surface area is 138 Å². The molecule has 1 aromatic rings. The molecule has 0 bridgehead atoms. The summed E-state index contributed by atoms with van der Waals surface area (Å²) in [5.41, 5.74) is 0. The number of rotatable bonds is 5. The molecule has 2 unspecified atom stereocenters. The van der Waals surface area contributed by atoms with Crippen LogP contribution in [0.3, 0.4) is 0 Å². The van der Waals surface area contributed by atoms with Crippen LogP contribution in [0.4, 0.5) is 0 Å². The highest BCUT2D eigenvalue weighted by molar-refractivity contribution is 9.11. The molecule has 8 heteroatoms. The van der Waals surface area contributed by atoms with E-state index in [9.17, 15) is 8.42 Å². The summed E-state index contributed by atoms with van der Waals surface area (Å²) in [6.07, 6.45) is 0.783. The summed E-state index contributed by atoms with van der Waals surface area (Å²) >= 11 is 4.84. The van der Waals surface area contributed by atoms with Crippen molar-refractivity contribution < 1.29 is 13.2 Å². The Morgan fingerprint density at radius 3 is 2.90 bits per heavy atom. The lowest BCUT2D eigenvalue weighted by Crippen LogP contribution is -2.46. The molecule has 2 atom stereocenters. The van der Waals surface area contributed by atoms with Crippen molar-refractivity contribution in [2.45, 2.75) is 30.9 Å². The lowest BCUT2D eigenvalue weighted by molar-refractivity contribution is 0.0184. The molecule has 0 aliphatic carbocycles. The molecule has 21 heavy (non-hydrogen) atoms. The lowest BCUT2D eigenvalue weighted by Gasteiger charge is -2.35. The number of nitrogens with zero attached hydrogens (tertiary/aromatic N) is 1. The first kappa shape index (κ1) is 17.4. The molecule has 2 heterocycles. The number of hydrogen-bond acceptors (Lipinski definition) is 5. The van der Waals surface area contributed by atoms with Crippen LogP contribution in [0.15, 0.2) is 14.7 Å². The van der Waals surface area contributed by atoms with E-state index >= 15 is 0 Å². The molecule has 1 aliphatic heterocycles. The predicted molar refractivity (Wildman–Crippen MR) is 88.1 cm³/mol. The molecule has 1 aromatic heterocycles. The average Bonchev–Trinajstić information content (AvgIpc) is 2.81. The van der Waals surface area contributed by atoms with Gasteiger partial charge in [-0.2, -0.15) is 4.31 Å². The summed E-state index contributed by atoms with van der Waals surface area (Å²) in [5.74, 6) is 0.382. The third-order valence-corrected chi connectivity index (χ3v) is 7.95. The zero-order valence-electron chi connectivity index (χ0n) is 12.4. The number of piperidine rings is 1. The number of hydrogen-bond donors (Lipinski definition) is 1. The molecule has 0 saturated carbocycles. The van der Waals surface area contributed by atoms with Crippen molar-refractivity contribution in [1.29, 1.82) is 0 Å². The van der Waals surface area contributed by atoms with E-state index in [2.05, 4.69) is 28.2 Å². The quantitative estimate of drug-likeness (QED) is 0.828. The van der Waals surface area contributed by atoms with Crippen LogP contribution in [0, 0.1) is 5.92 Å². The Hall–Kier alpha value is 0.01000. The maximum atomic E-state index is 12.8. The molecular weight excluding hydrogens is 376 g/mol. The molecule has 1 saturated heterocycles. The number of halogens is 1. The number of thiophene rings is 1. The number of ether oxygens (including phenoxy) is 1. The minimum Gasteiger partial charge on any atom is -0.380 e. The molecular formula is C13H21BrN2O3S2. The van der Waals surface area contributed by atoms with Gasteiger partial charge in [-0.3, -0.25) is 0 Å². The zero-order chi connectivity index (χ0) is 15.6. The van der Waals surface area contributed by atoms with Crippen molar-refractivity contribution in [3.63, 3.8) is 0 Å². The molecule has 1 N–H and O–H groups in total. The summed E-state index contributed by atoms with van der Waals surface area (Å²) in [5, 5.41) is 3.04.